The average molecular weight is 411 g/mol. The van der Waals surface area contributed by atoms with E-state index in [4.69, 9.17) is 0 Å². The molecule has 1 aromatic rings. The topological polar surface area (TPSA) is 3.24 Å². The van der Waals surface area contributed by atoms with Crippen LogP contribution in [0.1, 0.15) is 30.0 Å². The van der Waals surface area contributed by atoms with Gasteiger partial charge in [-0.25, -0.2) is 0 Å². The molecule has 1 aliphatic rings. The van der Waals surface area contributed by atoms with Crippen LogP contribution >= 0.6 is 0 Å². The molecule has 0 saturated heterocycles. The van der Waals surface area contributed by atoms with Crippen molar-refractivity contribution >= 4 is 11.1 Å². The molecule has 23 heavy (non-hydrogen) atoms. The SMILES string of the molecule is C[SiH](c1ccccc1)[Zr+2]([CH3])([CH3])([CH3])([CH3])[N](C1=CC=CC1)C(C)(C)C.[H-].[H-]. The Labute approximate surface area is 145 Å². The molecule has 0 amide bonds. The molecule has 1 aliphatic carbocycles. The van der Waals surface area contributed by atoms with E-state index in [2.05, 4.69) is 97.2 Å². The van der Waals surface area contributed by atoms with Crippen molar-refractivity contribution in [2.75, 3.05) is 0 Å². The fourth-order valence-electron chi connectivity index (χ4n) is 4.90. The Morgan fingerprint density at radius 3 is 2.04 bits per heavy atom. The molecular weight excluding hydrogens is 374 g/mol. The van der Waals surface area contributed by atoms with Gasteiger partial charge in [-0.1, -0.05) is 0 Å². The fourth-order valence-corrected chi connectivity index (χ4v) is 37.2. The largest absolute Gasteiger partial charge is 1.00 e. The summed E-state index contributed by atoms with van der Waals surface area (Å²) in [5.74, 6) is -1.15. The molecule has 0 spiro atoms. The number of allylic oxidation sites excluding steroid dienone is 3. The van der Waals surface area contributed by atoms with Crippen molar-refractivity contribution in [2.24, 2.45) is 0 Å². The molecule has 1 aromatic carbocycles. The first-order valence-electron chi connectivity index (χ1n) is 8.95. The molecule has 0 fully saturated rings. The van der Waals surface area contributed by atoms with Crippen molar-refractivity contribution in [1.29, 1.82) is 0 Å². The normalized spacial score (nSPS) is 18.2. The van der Waals surface area contributed by atoms with E-state index in [-0.39, 0.29) is 8.39 Å². The summed E-state index contributed by atoms with van der Waals surface area (Å²) < 4.78 is 13.6. The summed E-state index contributed by atoms with van der Waals surface area (Å²) in [5.41, 5.74) is 1.68. The molecule has 1 unspecified atom stereocenters. The number of benzene rings is 1. The Morgan fingerprint density at radius 1 is 1.04 bits per heavy atom. The van der Waals surface area contributed by atoms with Crippen LogP contribution in [0.15, 0.2) is 54.3 Å². The molecule has 0 aromatic heterocycles. The molecule has 0 N–H and O–H groups in total. The quantitative estimate of drug-likeness (QED) is 0.571. The third-order valence-electron chi connectivity index (χ3n) is 5.96. The van der Waals surface area contributed by atoms with E-state index in [9.17, 15) is 0 Å². The van der Waals surface area contributed by atoms with Crippen LogP contribution in [0, 0.1) is 0 Å². The second kappa shape index (κ2) is 5.30. The van der Waals surface area contributed by atoms with Crippen LogP contribution in [-0.2, 0) is 16.7 Å². The first-order chi connectivity index (χ1) is 10.3. The number of hydrogen-bond donors (Lipinski definition) is 0. The van der Waals surface area contributed by atoms with Crippen LogP contribution < -0.4 is 5.19 Å². The summed E-state index contributed by atoms with van der Waals surface area (Å²) in [6, 6.07) is 11.3. The van der Waals surface area contributed by atoms with Crippen LogP contribution in [0.3, 0.4) is 0 Å². The molecule has 1 nitrogen and oxygen atoms in total. The van der Waals surface area contributed by atoms with Gasteiger partial charge in [0.2, 0.25) is 0 Å². The molecule has 3 heteroatoms. The Hall–Kier alpha value is -0.400. The van der Waals surface area contributed by atoms with Crippen molar-refractivity contribution < 1.29 is 19.6 Å². The van der Waals surface area contributed by atoms with Crippen LogP contribution in [0.2, 0.25) is 25.1 Å². The van der Waals surface area contributed by atoms with Crippen molar-refractivity contribution in [3.05, 3.63) is 54.3 Å². The zero-order valence-corrected chi connectivity index (χ0v) is 20.0. The third-order valence-corrected chi connectivity index (χ3v) is 51.0. The summed E-state index contributed by atoms with van der Waals surface area (Å²) >= 11 is -3.67. The molecule has 0 bridgehead atoms. The van der Waals surface area contributed by atoms with Crippen molar-refractivity contribution in [1.82, 2.24) is 2.84 Å². The smallest absolute Gasteiger partial charge is 1.00 e. The van der Waals surface area contributed by atoms with Gasteiger partial charge < -0.3 is 2.85 Å². The van der Waals surface area contributed by atoms with Gasteiger partial charge in [0.25, 0.3) is 0 Å². The number of hydrogen-bond acceptors (Lipinski definition) is 1. The van der Waals surface area contributed by atoms with Crippen LogP contribution in [-0.4, -0.2) is 14.3 Å². The Kier molecular flexibility index (Phi) is 4.36. The molecule has 1 atom stereocenters. The summed E-state index contributed by atoms with van der Waals surface area (Å²) in [6.07, 6.45) is 7.97. The van der Waals surface area contributed by atoms with Gasteiger partial charge in [-0.15, -0.1) is 0 Å². The zero-order valence-electron chi connectivity index (χ0n) is 18.4. The van der Waals surface area contributed by atoms with Gasteiger partial charge in [0.1, 0.15) is 0 Å². The summed E-state index contributed by atoms with van der Waals surface area (Å²) in [4.78, 5) is 0. The Bertz CT molecular complexity index is 653. The minimum Gasteiger partial charge on any atom is -1.00 e. The predicted octanol–water partition coefficient (Wildman–Crippen LogP) is 5.75. The summed E-state index contributed by atoms with van der Waals surface area (Å²) in [7, 11) is 0. The number of nitrogens with zero attached hydrogens (tertiary/aromatic N) is 1. The van der Waals surface area contributed by atoms with Gasteiger partial charge in [-0.2, -0.15) is 0 Å². The average Bonchev–Trinajstić information content (AvgIpc) is 2.88. The first kappa shape index (κ1) is 18.9. The van der Waals surface area contributed by atoms with Gasteiger partial charge in [0.15, 0.2) is 0 Å². The zero-order chi connectivity index (χ0) is 17.6. The Balaban J connectivity index is 0.00000288. The molecule has 0 aliphatic heterocycles. The maximum atomic E-state index is 2.91. The number of rotatable bonds is 4. The maximum Gasteiger partial charge on any atom is -1.00 e. The van der Waals surface area contributed by atoms with Crippen LogP contribution in [0.5, 0.6) is 0 Å². The summed E-state index contributed by atoms with van der Waals surface area (Å²) in [5, 5.41) is 1.61. The molecule has 0 saturated carbocycles. The second-order valence-electron chi connectivity index (χ2n) is 11.1. The van der Waals surface area contributed by atoms with E-state index < -0.39 is 22.7 Å². The van der Waals surface area contributed by atoms with Crippen molar-refractivity contribution in [2.45, 2.75) is 57.8 Å². The van der Waals surface area contributed by atoms with Crippen LogP contribution in [0.4, 0.5) is 0 Å². The van der Waals surface area contributed by atoms with Crippen LogP contribution in [0.25, 0.3) is 0 Å². The molecule has 0 heterocycles. The van der Waals surface area contributed by atoms with E-state index in [1.165, 1.54) is 5.70 Å². The minimum atomic E-state index is -3.67. The molecule has 2 rings (SSSR count). The van der Waals surface area contributed by atoms with E-state index in [1.54, 1.807) is 5.19 Å². The van der Waals surface area contributed by atoms with E-state index >= 15 is 0 Å². The van der Waals surface area contributed by atoms with Gasteiger partial charge in [0, 0.05) is 0 Å². The van der Waals surface area contributed by atoms with E-state index in [0.29, 0.717) is 0 Å². The predicted molar refractivity (Wildman–Crippen MR) is 108 cm³/mol. The molecule has 130 valence electrons. The van der Waals surface area contributed by atoms with Gasteiger partial charge in [0.05, 0.1) is 0 Å². The Morgan fingerprint density at radius 2 is 1.61 bits per heavy atom. The molecular formula is C20H37NSiZr. The van der Waals surface area contributed by atoms with Gasteiger partial charge >= 0.3 is 143 Å². The fraction of sp³-hybridized carbons (Fsp3) is 0.500. The van der Waals surface area contributed by atoms with Gasteiger partial charge in [-0.05, 0) is 0 Å². The monoisotopic (exact) mass is 409 g/mol. The van der Waals surface area contributed by atoms with Gasteiger partial charge in [-0.3, -0.25) is 0 Å². The minimum absolute atomic E-state index is 0. The second-order valence-corrected chi connectivity index (χ2v) is 61.3. The standard InChI is InChI=1S/C9H14N.C7H9Si.4CH3.Zr.2H/c1-9(2,3)10-8-6-4-5-7-8;1-8-7-5-3-2-4-6-7;;;;;;;/h4-6H,7H2,1-3H3;2-6,8H,1H3;4*1H3;;;/q-1;;;;;;+3;2*-1. The van der Waals surface area contributed by atoms with Crippen molar-refractivity contribution in [3.63, 3.8) is 0 Å². The van der Waals surface area contributed by atoms with E-state index in [0.717, 1.165) is 6.42 Å². The first-order valence-corrected chi connectivity index (χ1v) is 26.5. The molecule has 0 radical (unpaired) electrons. The third kappa shape index (κ3) is 3.51. The summed E-state index contributed by atoms with van der Waals surface area (Å²) in [6.45, 7) is 9.77. The van der Waals surface area contributed by atoms with Crippen molar-refractivity contribution in [3.8, 4) is 0 Å². The maximum absolute atomic E-state index is 3.67. The van der Waals surface area contributed by atoms with E-state index in [1.807, 2.05) is 0 Å².